The molecule has 0 heterocycles. The van der Waals surface area contributed by atoms with Crippen molar-refractivity contribution in [3.8, 4) is 0 Å². The van der Waals surface area contributed by atoms with Gasteiger partial charge in [0.15, 0.2) is 6.61 Å². The first-order chi connectivity index (χ1) is 15.0. The van der Waals surface area contributed by atoms with Crippen LogP contribution in [-0.4, -0.2) is 57.9 Å². The van der Waals surface area contributed by atoms with E-state index in [4.69, 9.17) is 16.3 Å². The van der Waals surface area contributed by atoms with Crippen molar-refractivity contribution in [2.45, 2.75) is 31.7 Å². The summed E-state index contributed by atoms with van der Waals surface area (Å²) in [6.45, 7) is 6.62. The Balaban J connectivity index is 2.01. The summed E-state index contributed by atoms with van der Waals surface area (Å²) in [6, 6.07) is 11.5. The quantitative estimate of drug-likeness (QED) is 0.549. The van der Waals surface area contributed by atoms with E-state index in [1.165, 1.54) is 26.2 Å². The smallest absolute Gasteiger partial charge is 0.338 e. The molecule has 8 nitrogen and oxygen atoms in total. The molecule has 1 N–H and O–H groups in total. The molecule has 0 atom stereocenters. The zero-order valence-corrected chi connectivity index (χ0v) is 20.3. The Bertz CT molecular complexity index is 1070. The summed E-state index contributed by atoms with van der Waals surface area (Å²) >= 11 is 5.98. The Morgan fingerprint density at radius 3 is 2.25 bits per heavy atom. The molecule has 0 fully saturated rings. The number of carbonyl (C=O) groups excluding carboxylic acids is 2. The van der Waals surface area contributed by atoms with Gasteiger partial charge in [-0.3, -0.25) is 4.79 Å². The van der Waals surface area contributed by atoms with Gasteiger partial charge in [-0.1, -0.05) is 11.6 Å². The number of halogens is 1. The number of ether oxygens (including phenoxy) is 1. The average molecular weight is 482 g/mol. The van der Waals surface area contributed by atoms with Crippen LogP contribution in [-0.2, 0) is 19.6 Å². The first-order valence-electron chi connectivity index (χ1n) is 10.0. The fraction of sp³-hybridized carbons (Fsp3) is 0.364. The van der Waals surface area contributed by atoms with E-state index < -0.39 is 28.5 Å². The molecule has 174 valence electrons. The van der Waals surface area contributed by atoms with Gasteiger partial charge in [-0.15, -0.1) is 0 Å². The molecule has 0 aromatic heterocycles. The van der Waals surface area contributed by atoms with E-state index in [0.717, 1.165) is 22.6 Å². The number of sulfonamides is 1. The molecule has 2 rings (SSSR count). The lowest BCUT2D eigenvalue weighted by Crippen LogP contribution is -2.30. The van der Waals surface area contributed by atoms with E-state index in [2.05, 4.69) is 31.0 Å². The lowest BCUT2D eigenvalue weighted by atomic mass is 10.2. The highest BCUT2D eigenvalue weighted by Gasteiger charge is 2.23. The standard InChI is InChI=1S/C22H28ClN3O5S/c1-6-26(15(2)3)18-10-8-17(9-11-18)24-21(27)14-31-22(28)16-7-12-19(23)20(13-16)32(29,30)25(4)5/h7-13,15H,6,14H2,1-5H3,(H,24,27). The molecule has 10 heteroatoms. The van der Waals surface area contributed by atoms with Crippen LogP contribution in [0, 0.1) is 0 Å². The van der Waals surface area contributed by atoms with Crippen molar-refractivity contribution in [1.82, 2.24) is 4.31 Å². The van der Waals surface area contributed by atoms with Crippen LogP contribution >= 0.6 is 11.6 Å². The number of anilines is 2. The van der Waals surface area contributed by atoms with Crippen LogP contribution in [0.3, 0.4) is 0 Å². The number of rotatable bonds is 9. The first-order valence-corrected chi connectivity index (χ1v) is 11.8. The molecule has 0 radical (unpaired) electrons. The van der Waals surface area contributed by atoms with Gasteiger partial charge < -0.3 is 15.0 Å². The van der Waals surface area contributed by atoms with Crippen molar-refractivity contribution in [1.29, 1.82) is 0 Å². The number of benzene rings is 2. The fourth-order valence-corrected chi connectivity index (χ4v) is 4.41. The molecule has 0 aliphatic carbocycles. The zero-order valence-electron chi connectivity index (χ0n) is 18.8. The highest BCUT2D eigenvalue weighted by Crippen LogP contribution is 2.25. The normalized spacial score (nSPS) is 11.5. The minimum atomic E-state index is -3.84. The molecule has 0 saturated carbocycles. The molecular formula is C22H28ClN3O5S. The number of nitrogens with zero attached hydrogens (tertiary/aromatic N) is 2. The van der Waals surface area contributed by atoms with Crippen LogP contribution in [0.15, 0.2) is 47.4 Å². The second-order valence-corrected chi connectivity index (χ2v) is 10.0. The Hall–Kier alpha value is -2.62. The van der Waals surface area contributed by atoms with Gasteiger partial charge in [0.05, 0.1) is 10.6 Å². The Labute approximate surface area is 194 Å². The van der Waals surface area contributed by atoms with E-state index in [9.17, 15) is 18.0 Å². The van der Waals surface area contributed by atoms with Gasteiger partial charge in [0.25, 0.3) is 5.91 Å². The topological polar surface area (TPSA) is 96.0 Å². The maximum absolute atomic E-state index is 12.3. The van der Waals surface area contributed by atoms with Gasteiger partial charge in [0, 0.05) is 38.1 Å². The Morgan fingerprint density at radius 1 is 1.09 bits per heavy atom. The van der Waals surface area contributed by atoms with Crippen molar-refractivity contribution < 1.29 is 22.7 Å². The van der Waals surface area contributed by atoms with Crippen LogP contribution in [0.25, 0.3) is 0 Å². The predicted octanol–water partition coefficient (Wildman–Crippen LogP) is 3.62. The minimum absolute atomic E-state index is 0.0180. The maximum Gasteiger partial charge on any atom is 0.338 e. The molecule has 1 amide bonds. The summed E-state index contributed by atoms with van der Waals surface area (Å²) in [7, 11) is -1.13. The summed E-state index contributed by atoms with van der Waals surface area (Å²) in [5.41, 5.74) is 1.58. The second kappa shape index (κ2) is 10.8. The van der Waals surface area contributed by atoms with Crippen LogP contribution in [0.2, 0.25) is 5.02 Å². The number of nitrogens with one attached hydrogen (secondary N) is 1. The van der Waals surface area contributed by atoms with Crippen molar-refractivity contribution in [2.75, 3.05) is 37.5 Å². The van der Waals surface area contributed by atoms with Gasteiger partial charge in [-0.2, -0.15) is 0 Å². The van der Waals surface area contributed by atoms with Crippen LogP contribution in [0.5, 0.6) is 0 Å². The van der Waals surface area contributed by atoms with Gasteiger partial charge >= 0.3 is 5.97 Å². The van der Waals surface area contributed by atoms with Crippen molar-refractivity contribution >= 4 is 44.9 Å². The van der Waals surface area contributed by atoms with E-state index in [0.29, 0.717) is 11.7 Å². The molecular weight excluding hydrogens is 454 g/mol. The zero-order chi connectivity index (χ0) is 24.1. The van der Waals surface area contributed by atoms with Gasteiger partial charge in [0.2, 0.25) is 10.0 Å². The van der Waals surface area contributed by atoms with Gasteiger partial charge in [-0.05, 0) is 63.2 Å². The molecule has 0 aliphatic heterocycles. The average Bonchev–Trinajstić information content (AvgIpc) is 2.73. The predicted molar refractivity (Wildman–Crippen MR) is 126 cm³/mol. The van der Waals surface area contributed by atoms with Crippen molar-refractivity contribution in [2.24, 2.45) is 0 Å². The lowest BCUT2D eigenvalue weighted by Gasteiger charge is -2.27. The number of hydrogen-bond donors (Lipinski definition) is 1. The number of amides is 1. The fourth-order valence-electron chi connectivity index (χ4n) is 3.02. The lowest BCUT2D eigenvalue weighted by molar-refractivity contribution is -0.119. The van der Waals surface area contributed by atoms with Crippen molar-refractivity contribution in [3.63, 3.8) is 0 Å². The molecule has 0 saturated heterocycles. The number of carbonyl (C=O) groups is 2. The highest BCUT2D eigenvalue weighted by atomic mass is 35.5. The van der Waals surface area contributed by atoms with Gasteiger partial charge in [0.1, 0.15) is 4.90 Å². The summed E-state index contributed by atoms with van der Waals surface area (Å²) < 4.78 is 30.7. The van der Waals surface area contributed by atoms with Crippen LogP contribution in [0.1, 0.15) is 31.1 Å². The molecule has 2 aromatic rings. The molecule has 0 unspecified atom stereocenters. The number of hydrogen-bond acceptors (Lipinski definition) is 6. The monoisotopic (exact) mass is 481 g/mol. The Kier molecular flexibility index (Phi) is 8.65. The van der Waals surface area contributed by atoms with E-state index >= 15 is 0 Å². The summed E-state index contributed by atoms with van der Waals surface area (Å²) in [4.78, 5) is 26.5. The highest BCUT2D eigenvalue weighted by molar-refractivity contribution is 7.89. The molecule has 0 spiro atoms. The molecule has 0 bridgehead atoms. The second-order valence-electron chi connectivity index (χ2n) is 7.48. The first kappa shape index (κ1) is 25.6. The van der Waals surface area contributed by atoms with E-state index in [1.807, 2.05) is 12.1 Å². The van der Waals surface area contributed by atoms with Gasteiger partial charge in [-0.25, -0.2) is 17.5 Å². The summed E-state index contributed by atoms with van der Waals surface area (Å²) in [6.07, 6.45) is 0. The molecule has 32 heavy (non-hydrogen) atoms. The third-order valence-corrected chi connectivity index (χ3v) is 7.00. The maximum atomic E-state index is 12.3. The largest absolute Gasteiger partial charge is 0.452 e. The van der Waals surface area contributed by atoms with Crippen LogP contribution in [0.4, 0.5) is 11.4 Å². The molecule has 0 aliphatic rings. The number of esters is 1. The van der Waals surface area contributed by atoms with E-state index in [1.54, 1.807) is 12.1 Å². The SMILES string of the molecule is CCN(c1ccc(NC(=O)COC(=O)c2ccc(Cl)c(S(=O)(=O)N(C)C)c2)cc1)C(C)C. The van der Waals surface area contributed by atoms with Crippen molar-refractivity contribution in [3.05, 3.63) is 53.1 Å². The Morgan fingerprint density at radius 2 is 1.72 bits per heavy atom. The van der Waals surface area contributed by atoms with Crippen LogP contribution < -0.4 is 10.2 Å². The summed E-state index contributed by atoms with van der Waals surface area (Å²) in [5, 5.41) is 2.65. The third-order valence-electron chi connectivity index (χ3n) is 4.71. The minimum Gasteiger partial charge on any atom is -0.452 e. The third kappa shape index (κ3) is 6.21. The molecule has 2 aromatic carbocycles. The van der Waals surface area contributed by atoms with E-state index in [-0.39, 0.29) is 15.5 Å². The summed E-state index contributed by atoms with van der Waals surface area (Å²) in [5.74, 6) is -1.35.